The van der Waals surface area contributed by atoms with E-state index in [1.807, 2.05) is 25.1 Å². The van der Waals surface area contributed by atoms with E-state index in [9.17, 15) is 0 Å². The van der Waals surface area contributed by atoms with Gasteiger partial charge in [0.2, 0.25) is 6.71 Å². The Bertz CT molecular complexity index is 3610. The standard InChI is InChI=1S/C67H53BN2O/c1-5-19-46(3)71-66-31-16-15-30-65(66)70(56-26-13-8-14-27-56)58-35-37-64-52(43-58)41-54-39-50(61-29-18-23-48-22-17-28-60(61)47(48)4)38-53-40-51-42-57(34-36-63(51)68(64)67(53)54)69(55-24-11-7-12-25-55)59-33-32-49-21-10-6-9-20-45(2)62(49)44-59/h5-20,22-39,42-44H,1-2,21,40-41H2,3-4H3/b10-6-,20-9-,46-19+. The molecule has 0 radical (unpaired) electrons. The van der Waals surface area contributed by atoms with Crippen LogP contribution < -0.4 is 30.9 Å². The van der Waals surface area contributed by atoms with Gasteiger partial charge in [-0.2, -0.15) is 0 Å². The summed E-state index contributed by atoms with van der Waals surface area (Å²) in [6.45, 7) is 12.7. The van der Waals surface area contributed by atoms with Crippen molar-refractivity contribution in [2.75, 3.05) is 9.80 Å². The Kier molecular flexibility index (Phi) is 11.3. The van der Waals surface area contributed by atoms with Gasteiger partial charge in [0.15, 0.2) is 5.75 Å². The van der Waals surface area contributed by atoms with Crippen molar-refractivity contribution in [1.29, 1.82) is 0 Å². The summed E-state index contributed by atoms with van der Waals surface area (Å²) in [6, 6.07) is 62.7. The lowest BCUT2D eigenvalue weighted by Gasteiger charge is -2.36. The summed E-state index contributed by atoms with van der Waals surface area (Å²) in [5, 5.41) is 0. The average molecular weight is 913 g/mol. The van der Waals surface area contributed by atoms with Gasteiger partial charge in [-0.1, -0.05) is 175 Å². The number of nitrogens with zero attached hydrogens (tertiary/aromatic N) is 2. The van der Waals surface area contributed by atoms with Crippen molar-refractivity contribution in [3.05, 3.63) is 293 Å². The number of hydrogen-bond donors (Lipinski definition) is 0. The number of hydrogen-bond acceptors (Lipinski definition) is 3. The van der Waals surface area contributed by atoms with Gasteiger partial charge >= 0.3 is 0 Å². The van der Waals surface area contributed by atoms with Gasteiger partial charge in [-0.25, -0.2) is 0 Å². The first-order valence-corrected chi connectivity index (χ1v) is 24.7. The Morgan fingerprint density at radius 3 is 1.94 bits per heavy atom. The number of para-hydroxylation sites is 4. The zero-order valence-electron chi connectivity index (χ0n) is 40.3. The van der Waals surface area contributed by atoms with Crippen molar-refractivity contribution in [1.82, 2.24) is 0 Å². The number of benzene rings is 8. The van der Waals surface area contributed by atoms with E-state index in [-0.39, 0.29) is 6.71 Å². The fourth-order valence-corrected chi connectivity index (χ4v) is 11.4. The summed E-state index contributed by atoms with van der Waals surface area (Å²) in [6.07, 6.45) is 21.5. The highest BCUT2D eigenvalue weighted by molar-refractivity contribution is 6.97. The maximum absolute atomic E-state index is 6.51. The molecule has 4 heteroatoms. The molecule has 8 aromatic rings. The minimum Gasteiger partial charge on any atom is -0.460 e. The summed E-state index contributed by atoms with van der Waals surface area (Å²) in [4.78, 5) is 4.75. The second kappa shape index (κ2) is 18.4. The molecule has 0 N–H and O–H groups in total. The molecule has 0 saturated carbocycles. The first-order valence-electron chi connectivity index (χ1n) is 24.7. The van der Waals surface area contributed by atoms with Crippen molar-refractivity contribution in [2.45, 2.75) is 33.1 Å². The van der Waals surface area contributed by atoms with Gasteiger partial charge in [0.25, 0.3) is 0 Å². The summed E-state index contributed by atoms with van der Waals surface area (Å²) in [5.41, 5.74) is 26.0. The molecule has 0 aromatic heterocycles. The molecule has 8 aromatic carbocycles. The van der Waals surface area contributed by atoms with Crippen LogP contribution in [0.1, 0.15) is 62.6 Å². The zero-order valence-corrected chi connectivity index (χ0v) is 40.3. The van der Waals surface area contributed by atoms with Gasteiger partial charge < -0.3 is 14.5 Å². The molecule has 0 fully saturated rings. The molecule has 0 saturated heterocycles. The van der Waals surface area contributed by atoms with Crippen molar-refractivity contribution in [3.63, 3.8) is 0 Å². The molecule has 12 rings (SSSR count). The third-order valence-corrected chi connectivity index (χ3v) is 14.6. The van der Waals surface area contributed by atoms with E-state index in [4.69, 9.17) is 4.74 Å². The van der Waals surface area contributed by atoms with Crippen molar-refractivity contribution >= 4 is 74.4 Å². The van der Waals surface area contributed by atoms with Crippen molar-refractivity contribution in [2.24, 2.45) is 0 Å². The summed E-state index contributed by atoms with van der Waals surface area (Å²) < 4.78 is 6.51. The lowest BCUT2D eigenvalue weighted by atomic mass is 9.30. The molecule has 2 aliphatic heterocycles. The Hall–Kier alpha value is -8.60. The minimum absolute atomic E-state index is 0.0648. The molecule has 4 aliphatic rings. The molecule has 340 valence electrons. The summed E-state index contributed by atoms with van der Waals surface area (Å²) in [7, 11) is 0. The van der Waals surface area contributed by atoms with Crippen LogP contribution in [0.4, 0.5) is 34.1 Å². The van der Waals surface area contributed by atoms with Crippen LogP contribution in [0.5, 0.6) is 5.75 Å². The lowest BCUT2D eigenvalue weighted by Crippen LogP contribution is -2.61. The summed E-state index contributed by atoms with van der Waals surface area (Å²) >= 11 is 0. The molecular formula is C67H53BN2O. The second-order valence-electron chi connectivity index (χ2n) is 19.0. The average Bonchev–Trinajstić information content (AvgIpc) is 3.45. The Balaban J connectivity index is 1.03. The largest absolute Gasteiger partial charge is 0.460 e. The summed E-state index contributed by atoms with van der Waals surface area (Å²) in [5.74, 6) is 1.55. The topological polar surface area (TPSA) is 15.7 Å². The molecule has 0 atom stereocenters. The fourth-order valence-electron chi connectivity index (χ4n) is 11.4. The first kappa shape index (κ1) is 43.7. The van der Waals surface area contributed by atoms with Crippen LogP contribution in [0.3, 0.4) is 0 Å². The molecule has 0 spiro atoms. The van der Waals surface area contributed by atoms with Crippen LogP contribution >= 0.6 is 0 Å². The van der Waals surface area contributed by atoms with Crippen LogP contribution in [0.25, 0.3) is 17.2 Å². The number of anilines is 6. The van der Waals surface area contributed by atoms with Crippen LogP contribution in [0, 0.1) is 6.92 Å². The van der Waals surface area contributed by atoms with Gasteiger partial charge in [0.05, 0.1) is 5.69 Å². The van der Waals surface area contributed by atoms with Crippen molar-refractivity contribution in [3.8, 4) is 5.75 Å². The number of ether oxygens (including phenoxy) is 1. The van der Waals surface area contributed by atoms with Gasteiger partial charge in [-0.15, -0.1) is 0 Å². The quantitative estimate of drug-likeness (QED) is 0.0772. The second-order valence-corrected chi connectivity index (χ2v) is 19.0. The van der Waals surface area contributed by atoms with Crippen LogP contribution in [0.2, 0.25) is 0 Å². The van der Waals surface area contributed by atoms with Gasteiger partial charge in [0.1, 0.15) is 5.76 Å². The van der Waals surface area contributed by atoms with Gasteiger partial charge in [-0.05, 0) is 179 Å². The van der Waals surface area contributed by atoms with E-state index in [0.29, 0.717) is 0 Å². The van der Waals surface area contributed by atoms with Crippen LogP contribution in [-0.4, -0.2) is 6.71 Å². The monoisotopic (exact) mass is 912 g/mol. The van der Waals surface area contributed by atoms with E-state index in [0.717, 1.165) is 70.5 Å². The number of allylic oxidation sites excluding steroid dienone is 10. The zero-order chi connectivity index (χ0) is 48.0. The van der Waals surface area contributed by atoms with E-state index in [1.54, 1.807) is 6.08 Å². The van der Waals surface area contributed by atoms with Gasteiger partial charge in [0, 0.05) is 28.4 Å². The highest BCUT2D eigenvalue weighted by atomic mass is 16.5. The van der Waals surface area contributed by atoms with Gasteiger partial charge in [-0.3, -0.25) is 0 Å². The van der Waals surface area contributed by atoms with E-state index < -0.39 is 0 Å². The van der Waals surface area contributed by atoms with Crippen LogP contribution in [0.15, 0.2) is 237 Å². The molecule has 3 nitrogen and oxygen atoms in total. The maximum atomic E-state index is 6.51. The molecule has 0 amide bonds. The normalized spacial score (nSPS) is 14.8. The predicted octanol–water partition coefficient (Wildman–Crippen LogP) is 14.9. The van der Waals surface area contributed by atoms with Crippen LogP contribution in [-0.2, 0) is 19.3 Å². The molecule has 2 bridgehead atoms. The third kappa shape index (κ3) is 8.02. The predicted molar refractivity (Wildman–Crippen MR) is 302 cm³/mol. The molecule has 0 unspecified atom stereocenters. The Labute approximate surface area is 418 Å². The van der Waals surface area contributed by atoms with E-state index in [2.05, 4.69) is 230 Å². The Morgan fingerprint density at radius 1 is 0.577 bits per heavy atom. The maximum Gasteiger partial charge on any atom is 0.242 e. The van der Waals surface area contributed by atoms with Crippen molar-refractivity contribution < 1.29 is 4.74 Å². The molecular weight excluding hydrogens is 860 g/mol. The SMILES string of the molecule is C=C/C=C(\C)Oc1ccccc1N(c1ccccc1)c1ccc2c(c1)Cc1cc(C3=CC=Cc4cccc3c4C)cc3c1B2c1ccc(N(c2ccccc2)c2ccc4c(c2)C(=C)/C=C\C=C/C4)cc1C3. The number of fused-ring (bicyclic) bond motifs is 7. The Morgan fingerprint density at radius 2 is 1.23 bits per heavy atom. The first-order chi connectivity index (χ1) is 34.9. The highest BCUT2D eigenvalue weighted by Crippen LogP contribution is 2.43. The van der Waals surface area contributed by atoms with E-state index in [1.165, 1.54) is 77.6 Å². The molecule has 2 heterocycles. The number of rotatable bonds is 10. The fraction of sp³-hybridized carbons (Fsp3) is 0.0746. The lowest BCUT2D eigenvalue weighted by molar-refractivity contribution is 0.429. The molecule has 71 heavy (non-hydrogen) atoms. The minimum atomic E-state index is 0.0648. The third-order valence-electron chi connectivity index (χ3n) is 14.6. The molecule has 2 aliphatic carbocycles. The smallest absolute Gasteiger partial charge is 0.242 e. The van der Waals surface area contributed by atoms with E-state index >= 15 is 0 Å². The highest BCUT2D eigenvalue weighted by Gasteiger charge is 2.38.